The van der Waals surface area contributed by atoms with Crippen molar-refractivity contribution in [2.45, 2.75) is 31.1 Å². The monoisotopic (exact) mass is 350 g/mol. The first-order valence-corrected chi connectivity index (χ1v) is 8.71. The Hall–Kier alpha value is -0.620. The minimum atomic E-state index is -0.968. The van der Waals surface area contributed by atoms with E-state index in [2.05, 4.69) is 5.32 Å². The molecule has 0 heterocycles. The fourth-order valence-corrected chi connectivity index (χ4v) is 3.42. The highest BCUT2D eigenvalue weighted by Gasteiger charge is 2.27. The summed E-state index contributed by atoms with van der Waals surface area (Å²) in [5, 5.41) is 3.46. The maximum absolute atomic E-state index is 12.1. The number of amides is 1. The van der Waals surface area contributed by atoms with Crippen LogP contribution in [-0.4, -0.2) is 22.4 Å². The fraction of sp³-hybridized carbons (Fsp3) is 0.500. The largest absolute Gasteiger partial charge is 0.328 e. The van der Waals surface area contributed by atoms with Gasteiger partial charge in [0.15, 0.2) is 0 Å². The highest BCUT2D eigenvalue weighted by Crippen LogP contribution is 2.27. The summed E-state index contributed by atoms with van der Waals surface area (Å²) in [6, 6.07) is 5.40. The van der Waals surface area contributed by atoms with E-state index >= 15 is 0 Å². The van der Waals surface area contributed by atoms with Gasteiger partial charge in [0.05, 0.1) is 0 Å². The molecule has 1 amide bonds. The number of anilines is 1. The van der Waals surface area contributed by atoms with Crippen LogP contribution in [0.3, 0.4) is 0 Å². The van der Waals surface area contributed by atoms with Gasteiger partial charge in [-0.25, -0.2) is 0 Å². The second-order valence-corrected chi connectivity index (χ2v) is 7.13. The SMILES string of the molecule is CS(=O)Cc1cc(NC(=O)C2CCC(N)C2)ccc1Cl.Cl. The van der Waals surface area contributed by atoms with Crippen LogP contribution in [0.2, 0.25) is 5.02 Å². The van der Waals surface area contributed by atoms with Crippen molar-refractivity contribution < 1.29 is 9.00 Å². The Bertz CT molecular complexity index is 540. The number of carbonyl (C=O) groups is 1. The molecule has 2 rings (SSSR count). The number of carbonyl (C=O) groups excluding carboxylic acids is 1. The van der Waals surface area contributed by atoms with Crippen LogP contribution in [0.25, 0.3) is 0 Å². The lowest BCUT2D eigenvalue weighted by molar-refractivity contribution is -0.119. The van der Waals surface area contributed by atoms with E-state index in [0.29, 0.717) is 16.5 Å². The first kappa shape index (κ1) is 18.4. The molecule has 1 aromatic rings. The molecule has 0 spiro atoms. The summed E-state index contributed by atoms with van der Waals surface area (Å²) in [5.74, 6) is 0.380. The summed E-state index contributed by atoms with van der Waals surface area (Å²) in [5.41, 5.74) is 7.30. The molecule has 3 N–H and O–H groups in total. The molecule has 1 aromatic carbocycles. The Morgan fingerprint density at radius 3 is 2.76 bits per heavy atom. The van der Waals surface area contributed by atoms with E-state index in [1.165, 1.54) is 0 Å². The minimum absolute atomic E-state index is 0. The van der Waals surface area contributed by atoms with Crippen LogP contribution in [-0.2, 0) is 21.3 Å². The molecule has 1 fully saturated rings. The third kappa shape index (κ3) is 5.25. The molecule has 7 heteroatoms. The number of halogens is 2. The minimum Gasteiger partial charge on any atom is -0.328 e. The first-order chi connectivity index (χ1) is 9.45. The van der Waals surface area contributed by atoms with Crippen molar-refractivity contribution in [2.24, 2.45) is 11.7 Å². The van der Waals surface area contributed by atoms with Gasteiger partial charge >= 0.3 is 0 Å². The Morgan fingerprint density at radius 2 is 2.19 bits per heavy atom. The van der Waals surface area contributed by atoms with Gasteiger partial charge in [0.25, 0.3) is 0 Å². The van der Waals surface area contributed by atoms with Crippen LogP contribution < -0.4 is 11.1 Å². The van der Waals surface area contributed by atoms with Gasteiger partial charge in [0, 0.05) is 45.5 Å². The van der Waals surface area contributed by atoms with Crippen molar-refractivity contribution in [3.63, 3.8) is 0 Å². The molecule has 0 radical (unpaired) electrons. The van der Waals surface area contributed by atoms with Crippen molar-refractivity contribution in [1.29, 1.82) is 0 Å². The zero-order valence-corrected chi connectivity index (χ0v) is 14.2. The lowest BCUT2D eigenvalue weighted by Crippen LogP contribution is -2.23. The molecule has 3 atom stereocenters. The average molecular weight is 351 g/mol. The average Bonchev–Trinajstić information content (AvgIpc) is 2.79. The molecule has 0 aliphatic heterocycles. The summed E-state index contributed by atoms with van der Waals surface area (Å²) in [4.78, 5) is 12.1. The van der Waals surface area contributed by atoms with Gasteiger partial charge in [-0.3, -0.25) is 9.00 Å². The highest BCUT2D eigenvalue weighted by molar-refractivity contribution is 7.83. The molecule has 0 aromatic heterocycles. The van der Waals surface area contributed by atoms with Crippen molar-refractivity contribution in [1.82, 2.24) is 0 Å². The number of benzene rings is 1. The zero-order valence-electron chi connectivity index (χ0n) is 11.8. The zero-order chi connectivity index (χ0) is 14.7. The normalized spacial score (nSPS) is 22.4. The van der Waals surface area contributed by atoms with Gasteiger partial charge in [0.1, 0.15) is 0 Å². The molecule has 1 aliphatic rings. The van der Waals surface area contributed by atoms with Crippen LogP contribution in [0.15, 0.2) is 18.2 Å². The molecule has 0 bridgehead atoms. The number of nitrogens with one attached hydrogen (secondary N) is 1. The van der Waals surface area contributed by atoms with Gasteiger partial charge in [-0.2, -0.15) is 0 Å². The van der Waals surface area contributed by atoms with Crippen molar-refractivity contribution in [2.75, 3.05) is 11.6 Å². The second-order valence-electron chi connectivity index (χ2n) is 5.28. The smallest absolute Gasteiger partial charge is 0.227 e. The lowest BCUT2D eigenvalue weighted by atomic mass is 10.1. The van der Waals surface area contributed by atoms with Gasteiger partial charge in [0.2, 0.25) is 5.91 Å². The number of hydrogen-bond acceptors (Lipinski definition) is 3. The van der Waals surface area contributed by atoms with Crippen molar-refractivity contribution in [3.05, 3.63) is 28.8 Å². The summed E-state index contributed by atoms with van der Waals surface area (Å²) < 4.78 is 11.3. The van der Waals surface area contributed by atoms with E-state index in [4.69, 9.17) is 17.3 Å². The first-order valence-electron chi connectivity index (χ1n) is 6.60. The lowest BCUT2D eigenvalue weighted by Gasteiger charge is -2.12. The van der Waals surface area contributed by atoms with E-state index in [0.717, 1.165) is 24.8 Å². The fourth-order valence-electron chi connectivity index (χ4n) is 2.48. The van der Waals surface area contributed by atoms with Crippen molar-refractivity contribution in [3.8, 4) is 0 Å². The molecular formula is C14H20Cl2N2O2S. The molecule has 0 saturated heterocycles. The van der Waals surface area contributed by atoms with Crippen molar-refractivity contribution >= 4 is 46.4 Å². The third-order valence-corrected chi connectivity index (χ3v) is 4.60. The number of nitrogens with two attached hydrogens (primary N) is 1. The standard InChI is InChI=1S/C14H19ClN2O2S.ClH/c1-20(19)8-10-7-12(4-5-13(10)15)17-14(18)9-2-3-11(16)6-9;/h4-5,7,9,11H,2-3,6,8,16H2,1H3,(H,17,18);1H. The summed E-state index contributed by atoms with van der Waals surface area (Å²) in [6.45, 7) is 0. The van der Waals surface area contributed by atoms with E-state index in [9.17, 15) is 9.00 Å². The van der Waals surface area contributed by atoms with Gasteiger partial charge in [-0.1, -0.05) is 11.6 Å². The van der Waals surface area contributed by atoms with E-state index in [1.807, 2.05) is 0 Å². The Morgan fingerprint density at radius 1 is 1.48 bits per heavy atom. The molecule has 118 valence electrons. The molecular weight excluding hydrogens is 331 g/mol. The Labute approximate surface area is 138 Å². The molecule has 3 unspecified atom stereocenters. The maximum atomic E-state index is 12.1. The van der Waals surface area contributed by atoms with Crippen LogP contribution >= 0.6 is 24.0 Å². The molecule has 4 nitrogen and oxygen atoms in total. The number of rotatable bonds is 4. The highest BCUT2D eigenvalue weighted by atomic mass is 35.5. The summed E-state index contributed by atoms with van der Waals surface area (Å²) in [6.07, 6.45) is 4.11. The third-order valence-electron chi connectivity index (χ3n) is 3.52. The van der Waals surface area contributed by atoms with Crippen LogP contribution in [0.1, 0.15) is 24.8 Å². The summed E-state index contributed by atoms with van der Waals surface area (Å²) >= 11 is 6.06. The van der Waals surface area contributed by atoms with Crippen LogP contribution in [0.5, 0.6) is 0 Å². The van der Waals surface area contributed by atoms with E-state index < -0.39 is 10.8 Å². The predicted octanol–water partition coefficient (Wildman–Crippen LogP) is 2.71. The Balaban J connectivity index is 0.00000220. The van der Waals surface area contributed by atoms with Crippen LogP contribution in [0.4, 0.5) is 5.69 Å². The number of hydrogen-bond donors (Lipinski definition) is 2. The van der Waals surface area contributed by atoms with Gasteiger partial charge in [-0.05, 0) is 43.0 Å². The van der Waals surface area contributed by atoms with E-state index in [1.54, 1.807) is 24.5 Å². The quantitative estimate of drug-likeness (QED) is 0.876. The molecule has 1 aliphatic carbocycles. The topological polar surface area (TPSA) is 72.2 Å². The van der Waals surface area contributed by atoms with E-state index in [-0.39, 0.29) is 30.3 Å². The predicted molar refractivity (Wildman–Crippen MR) is 90.4 cm³/mol. The Kier molecular flexibility index (Phi) is 7.13. The molecule has 21 heavy (non-hydrogen) atoms. The van der Waals surface area contributed by atoms with Gasteiger partial charge < -0.3 is 11.1 Å². The van der Waals surface area contributed by atoms with Crippen LogP contribution in [0, 0.1) is 5.92 Å². The van der Waals surface area contributed by atoms with Gasteiger partial charge in [-0.15, -0.1) is 12.4 Å². The second kappa shape index (κ2) is 8.13. The maximum Gasteiger partial charge on any atom is 0.227 e. The summed E-state index contributed by atoms with van der Waals surface area (Å²) in [7, 11) is -0.968. The molecule has 1 saturated carbocycles.